The van der Waals surface area contributed by atoms with Gasteiger partial charge in [0.25, 0.3) is 0 Å². The second-order valence-electron chi connectivity index (χ2n) is 11.6. The number of hydrogen-bond acceptors (Lipinski definition) is 5. The SMILES string of the molecule is Cc1cccc(C)c1C(C(=O)NC(C)(C)C)N(C(=O)C(CCC(N)=O)NC(=O)OC(C)(C)C)C1CC1. The molecule has 1 saturated carbocycles. The van der Waals surface area contributed by atoms with Crippen molar-refractivity contribution in [3.8, 4) is 0 Å². The lowest BCUT2D eigenvalue weighted by Crippen LogP contribution is -2.55. The zero-order chi connectivity index (χ0) is 27.4. The molecule has 1 fully saturated rings. The molecule has 0 aromatic heterocycles. The Balaban J connectivity index is 2.54. The zero-order valence-electron chi connectivity index (χ0n) is 22.9. The number of nitrogens with one attached hydrogen (secondary N) is 2. The van der Waals surface area contributed by atoms with E-state index in [4.69, 9.17) is 10.5 Å². The third-order valence-electron chi connectivity index (χ3n) is 5.70. The molecule has 36 heavy (non-hydrogen) atoms. The summed E-state index contributed by atoms with van der Waals surface area (Å²) < 4.78 is 5.36. The van der Waals surface area contributed by atoms with Gasteiger partial charge in [0, 0.05) is 18.0 Å². The molecular formula is C27H42N4O5. The molecule has 2 unspecified atom stereocenters. The van der Waals surface area contributed by atoms with Crippen LogP contribution in [0.3, 0.4) is 0 Å². The zero-order valence-corrected chi connectivity index (χ0v) is 22.9. The molecule has 4 N–H and O–H groups in total. The van der Waals surface area contributed by atoms with E-state index in [1.807, 2.05) is 52.8 Å². The van der Waals surface area contributed by atoms with Crippen molar-refractivity contribution in [2.75, 3.05) is 0 Å². The summed E-state index contributed by atoms with van der Waals surface area (Å²) in [5.41, 5.74) is 6.59. The molecule has 1 aliphatic rings. The number of nitrogens with zero attached hydrogens (tertiary/aromatic N) is 1. The molecule has 200 valence electrons. The van der Waals surface area contributed by atoms with E-state index < -0.39 is 41.1 Å². The third-order valence-corrected chi connectivity index (χ3v) is 5.70. The van der Waals surface area contributed by atoms with Crippen molar-refractivity contribution in [1.29, 1.82) is 0 Å². The number of carbonyl (C=O) groups is 4. The summed E-state index contributed by atoms with van der Waals surface area (Å²) in [6.45, 7) is 14.6. The van der Waals surface area contributed by atoms with Crippen LogP contribution in [-0.2, 0) is 19.1 Å². The van der Waals surface area contributed by atoms with Crippen LogP contribution < -0.4 is 16.4 Å². The first-order valence-electron chi connectivity index (χ1n) is 12.5. The van der Waals surface area contributed by atoms with Gasteiger partial charge in [0.1, 0.15) is 17.7 Å². The van der Waals surface area contributed by atoms with Gasteiger partial charge in [0.05, 0.1) is 0 Å². The Labute approximate surface area is 214 Å². The van der Waals surface area contributed by atoms with Gasteiger partial charge in [-0.2, -0.15) is 0 Å². The van der Waals surface area contributed by atoms with Crippen LogP contribution in [0.25, 0.3) is 0 Å². The standard InChI is InChI=1S/C27H42N4O5/c1-16-10-9-11-17(2)21(16)22(23(33)30-26(3,4)5)31(18-12-13-18)24(34)19(14-15-20(28)32)29-25(35)36-27(6,7)8/h9-11,18-19,22H,12-15H2,1-8H3,(H2,28,32)(H,29,35)(H,30,33). The van der Waals surface area contributed by atoms with Gasteiger partial charge in [-0.05, 0) is 91.3 Å². The quantitative estimate of drug-likeness (QED) is 0.476. The van der Waals surface area contributed by atoms with E-state index in [0.29, 0.717) is 0 Å². The number of carbonyl (C=O) groups excluding carboxylic acids is 4. The molecule has 1 aromatic carbocycles. The molecule has 0 heterocycles. The van der Waals surface area contributed by atoms with Crippen molar-refractivity contribution in [3.05, 3.63) is 34.9 Å². The van der Waals surface area contributed by atoms with E-state index in [0.717, 1.165) is 29.5 Å². The number of aryl methyl sites for hydroxylation is 2. The van der Waals surface area contributed by atoms with E-state index in [1.165, 1.54) is 0 Å². The first-order chi connectivity index (χ1) is 16.5. The van der Waals surface area contributed by atoms with Crippen LogP contribution in [0.1, 0.15) is 90.0 Å². The molecule has 9 heteroatoms. The smallest absolute Gasteiger partial charge is 0.408 e. The Morgan fingerprint density at radius 3 is 2.06 bits per heavy atom. The number of alkyl carbamates (subject to hydrolysis) is 1. The second kappa shape index (κ2) is 11.3. The summed E-state index contributed by atoms with van der Waals surface area (Å²) in [7, 11) is 0. The largest absolute Gasteiger partial charge is 0.444 e. The van der Waals surface area contributed by atoms with Crippen molar-refractivity contribution >= 4 is 23.8 Å². The topological polar surface area (TPSA) is 131 Å². The molecule has 0 spiro atoms. The van der Waals surface area contributed by atoms with Crippen LogP contribution in [0.2, 0.25) is 0 Å². The number of ether oxygens (including phenoxy) is 1. The Bertz CT molecular complexity index is 969. The number of benzene rings is 1. The third kappa shape index (κ3) is 8.53. The maximum Gasteiger partial charge on any atom is 0.408 e. The lowest BCUT2D eigenvalue weighted by atomic mass is 9.92. The van der Waals surface area contributed by atoms with Crippen LogP contribution in [0, 0.1) is 13.8 Å². The van der Waals surface area contributed by atoms with Gasteiger partial charge in [-0.15, -0.1) is 0 Å². The Kier molecular flexibility index (Phi) is 9.15. The molecule has 2 atom stereocenters. The van der Waals surface area contributed by atoms with Crippen LogP contribution in [0.4, 0.5) is 4.79 Å². The first kappa shape index (κ1) is 29.1. The van der Waals surface area contributed by atoms with Crippen LogP contribution in [-0.4, -0.2) is 51.9 Å². The van der Waals surface area contributed by atoms with E-state index in [9.17, 15) is 19.2 Å². The fourth-order valence-electron chi connectivity index (χ4n) is 4.14. The minimum atomic E-state index is -1.08. The second-order valence-corrected chi connectivity index (χ2v) is 11.6. The summed E-state index contributed by atoms with van der Waals surface area (Å²) in [6.07, 6.45) is 0.601. The Hall–Kier alpha value is -3.10. The average Bonchev–Trinajstić information content (AvgIpc) is 3.52. The highest BCUT2D eigenvalue weighted by Gasteiger charge is 2.45. The lowest BCUT2D eigenvalue weighted by Gasteiger charge is -2.37. The average molecular weight is 503 g/mol. The summed E-state index contributed by atoms with van der Waals surface area (Å²) in [6, 6.07) is 3.60. The molecule has 4 amide bonds. The summed E-state index contributed by atoms with van der Waals surface area (Å²) in [5, 5.41) is 5.65. The molecule has 2 rings (SSSR count). The van der Waals surface area contributed by atoms with Gasteiger partial charge < -0.3 is 26.0 Å². The van der Waals surface area contributed by atoms with Gasteiger partial charge in [0.2, 0.25) is 17.7 Å². The highest BCUT2D eigenvalue weighted by molar-refractivity contribution is 5.93. The minimum Gasteiger partial charge on any atom is -0.444 e. The van der Waals surface area contributed by atoms with E-state index in [-0.39, 0.29) is 24.8 Å². The highest BCUT2D eigenvalue weighted by atomic mass is 16.6. The molecule has 0 aliphatic heterocycles. The van der Waals surface area contributed by atoms with E-state index >= 15 is 0 Å². The van der Waals surface area contributed by atoms with Gasteiger partial charge in [-0.3, -0.25) is 14.4 Å². The Morgan fingerprint density at radius 1 is 1.06 bits per heavy atom. The molecular weight excluding hydrogens is 460 g/mol. The van der Waals surface area contributed by atoms with Gasteiger partial charge in [-0.25, -0.2) is 4.79 Å². The van der Waals surface area contributed by atoms with Gasteiger partial charge in [-0.1, -0.05) is 18.2 Å². The summed E-state index contributed by atoms with van der Waals surface area (Å²) >= 11 is 0. The van der Waals surface area contributed by atoms with Crippen molar-refractivity contribution in [1.82, 2.24) is 15.5 Å². The normalized spacial score (nSPS) is 15.4. The molecule has 1 aliphatic carbocycles. The summed E-state index contributed by atoms with van der Waals surface area (Å²) in [4.78, 5) is 53.6. The maximum absolute atomic E-state index is 14.1. The fraction of sp³-hybridized carbons (Fsp3) is 0.630. The van der Waals surface area contributed by atoms with Gasteiger partial charge >= 0.3 is 6.09 Å². The monoisotopic (exact) mass is 502 g/mol. The van der Waals surface area contributed by atoms with Crippen LogP contribution >= 0.6 is 0 Å². The molecule has 9 nitrogen and oxygen atoms in total. The summed E-state index contributed by atoms with van der Waals surface area (Å²) in [5.74, 6) is -1.33. The first-order valence-corrected chi connectivity index (χ1v) is 12.5. The number of nitrogens with two attached hydrogens (primary N) is 1. The van der Waals surface area contributed by atoms with Crippen molar-refractivity contribution in [2.45, 2.75) is 110 Å². The van der Waals surface area contributed by atoms with E-state index in [2.05, 4.69) is 10.6 Å². The van der Waals surface area contributed by atoms with Crippen LogP contribution in [0.5, 0.6) is 0 Å². The Morgan fingerprint density at radius 2 is 1.61 bits per heavy atom. The lowest BCUT2D eigenvalue weighted by molar-refractivity contribution is -0.144. The molecule has 0 bridgehead atoms. The van der Waals surface area contributed by atoms with Crippen molar-refractivity contribution in [3.63, 3.8) is 0 Å². The number of amides is 4. The highest BCUT2D eigenvalue weighted by Crippen LogP contribution is 2.38. The van der Waals surface area contributed by atoms with Gasteiger partial charge in [0.15, 0.2) is 0 Å². The fourth-order valence-corrected chi connectivity index (χ4v) is 4.14. The molecule has 0 saturated heterocycles. The van der Waals surface area contributed by atoms with Crippen LogP contribution in [0.15, 0.2) is 18.2 Å². The van der Waals surface area contributed by atoms with Crippen molar-refractivity contribution in [2.24, 2.45) is 5.73 Å². The maximum atomic E-state index is 14.1. The number of hydrogen-bond donors (Lipinski definition) is 3. The predicted molar refractivity (Wildman–Crippen MR) is 138 cm³/mol. The molecule has 0 radical (unpaired) electrons. The number of rotatable bonds is 9. The van der Waals surface area contributed by atoms with E-state index in [1.54, 1.807) is 25.7 Å². The predicted octanol–water partition coefficient (Wildman–Crippen LogP) is 3.41. The molecule has 1 aromatic rings. The number of primary amides is 1. The van der Waals surface area contributed by atoms with Crippen molar-refractivity contribution < 1.29 is 23.9 Å². The minimum absolute atomic E-state index is 0.00298.